The molecule has 2 aromatic rings. The summed E-state index contributed by atoms with van der Waals surface area (Å²) in [6, 6.07) is 15.2. The maximum absolute atomic E-state index is 13.1. The third kappa shape index (κ3) is 7.69. The van der Waals surface area contributed by atoms with Gasteiger partial charge in [0.15, 0.2) is 0 Å². The van der Waals surface area contributed by atoms with Gasteiger partial charge in [-0.2, -0.15) is 0 Å². The van der Waals surface area contributed by atoms with Gasteiger partial charge in [-0.1, -0.05) is 35.9 Å². The average Bonchev–Trinajstić information content (AvgIpc) is 2.70. The van der Waals surface area contributed by atoms with Crippen LogP contribution in [-0.4, -0.2) is 34.6 Å². The first-order valence-electron chi connectivity index (χ1n) is 10.3. The molecule has 0 radical (unpaired) electrons. The molecule has 162 valence electrons. The van der Waals surface area contributed by atoms with Crippen LogP contribution < -0.4 is 5.32 Å². The van der Waals surface area contributed by atoms with Gasteiger partial charge in [0, 0.05) is 28.9 Å². The zero-order valence-corrected chi connectivity index (χ0v) is 19.7. The summed E-state index contributed by atoms with van der Waals surface area (Å²) in [6.07, 6.45) is 1.15. The normalized spacial score (nSPS) is 11.9. The van der Waals surface area contributed by atoms with E-state index in [0.29, 0.717) is 13.0 Å². The predicted octanol–water partition coefficient (Wildman–Crippen LogP) is 5.46. The van der Waals surface area contributed by atoms with E-state index in [1.165, 1.54) is 0 Å². The van der Waals surface area contributed by atoms with Crippen LogP contribution in [0.5, 0.6) is 0 Å². The molecular weight excluding hydrogens is 416 g/mol. The van der Waals surface area contributed by atoms with Crippen molar-refractivity contribution in [2.75, 3.05) is 5.75 Å². The Hall–Kier alpha value is -1.98. The Kier molecular flexibility index (Phi) is 9.73. The summed E-state index contributed by atoms with van der Waals surface area (Å²) in [5.74, 6) is 0.710. The van der Waals surface area contributed by atoms with Gasteiger partial charge >= 0.3 is 0 Å². The molecule has 0 spiro atoms. The molecule has 6 heteroatoms. The molecule has 30 heavy (non-hydrogen) atoms. The molecule has 2 aromatic carbocycles. The maximum Gasteiger partial charge on any atom is 0.242 e. The highest BCUT2D eigenvalue weighted by molar-refractivity contribution is 7.99. The number of hydrogen-bond donors (Lipinski definition) is 1. The van der Waals surface area contributed by atoms with E-state index in [9.17, 15) is 9.59 Å². The van der Waals surface area contributed by atoms with Crippen LogP contribution in [0.1, 0.15) is 44.7 Å². The molecule has 0 bridgehead atoms. The number of amides is 2. The predicted molar refractivity (Wildman–Crippen MR) is 126 cm³/mol. The summed E-state index contributed by atoms with van der Waals surface area (Å²) >= 11 is 7.63. The molecular formula is C24H31ClN2O2S. The number of aryl methyl sites for hydroxylation is 1. The summed E-state index contributed by atoms with van der Waals surface area (Å²) in [5.41, 5.74) is 2.18. The fraction of sp³-hybridized carbons (Fsp3) is 0.417. The van der Waals surface area contributed by atoms with Crippen LogP contribution >= 0.6 is 23.4 Å². The fourth-order valence-electron chi connectivity index (χ4n) is 3.05. The van der Waals surface area contributed by atoms with Gasteiger partial charge in [0.05, 0.1) is 0 Å². The Morgan fingerprint density at radius 3 is 2.37 bits per heavy atom. The van der Waals surface area contributed by atoms with Crippen LogP contribution in [0, 0.1) is 6.92 Å². The van der Waals surface area contributed by atoms with Crippen LogP contribution in [0.3, 0.4) is 0 Å². The zero-order chi connectivity index (χ0) is 22.1. The van der Waals surface area contributed by atoms with Crippen molar-refractivity contribution < 1.29 is 9.59 Å². The van der Waals surface area contributed by atoms with Gasteiger partial charge in [0.1, 0.15) is 6.04 Å². The van der Waals surface area contributed by atoms with Gasteiger partial charge in [-0.15, -0.1) is 11.8 Å². The lowest BCUT2D eigenvalue weighted by Crippen LogP contribution is -2.49. The molecule has 2 rings (SSSR count). The van der Waals surface area contributed by atoms with E-state index in [0.717, 1.165) is 33.2 Å². The highest BCUT2D eigenvalue weighted by atomic mass is 35.5. The molecule has 0 aliphatic heterocycles. The first-order valence-corrected chi connectivity index (χ1v) is 11.7. The first-order chi connectivity index (χ1) is 14.3. The Morgan fingerprint density at radius 2 is 1.73 bits per heavy atom. The van der Waals surface area contributed by atoms with Crippen LogP contribution in [-0.2, 0) is 16.1 Å². The van der Waals surface area contributed by atoms with Gasteiger partial charge < -0.3 is 10.2 Å². The summed E-state index contributed by atoms with van der Waals surface area (Å²) < 4.78 is 0. The minimum Gasteiger partial charge on any atom is -0.352 e. The van der Waals surface area contributed by atoms with Crippen molar-refractivity contribution in [1.29, 1.82) is 0 Å². The van der Waals surface area contributed by atoms with E-state index < -0.39 is 6.04 Å². The fourth-order valence-corrected chi connectivity index (χ4v) is 4.03. The second-order valence-corrected chi connectivity index (χ2v) is 9.30. The van der Waals surface area contributed by atoms with Crippen molar-refractivity contribution in [3.8, 4) is 0 Å². The lowest BCUT2D eigenvalue weighted by molar-refractivity contribution is -0.140. The van der Waals surface area contributed by atoms with Crippen LogP contribution in [0.15, 0.2) is 53.4 Å². The molecule has 2 amide bonds. The molecule has 1 N–H and O–H groups in total. The number of rotatable bonds is 10. The minimum atomic E-state index is -0.525. The highest BCUT2D eigenvalue weighted by Crippen LogP contribution is 2.22. The number of thioether (sulfide) groups is 1. The van der Waals surface area contributed by atoms with Gasteiger partial charge in [0.25, 0.3) is 0 Å². The lowest BCUT2D eigenvalue weighted by Gasteiger charge is -2.30. The molecule has 0 saturated heterocycles. The Labute approximate surface area is 189 Å². The van der Waals surface area contributed by atoms with E-state index in [1.54, 1.807) is 23.6 Å². The molecule has 0 aliphatic carbocycles. The largest absolute Gasteiger partial charge is 0.352 e. The Balaban J connectivity index is 2.00. The molecule has 0 heterocycles. The Bertz CT molecular complexity index is 839. The third-order valence-electron chi connectivity index (χ3n) is 4.82. The molecule has 0 aromatic heterocycles. The van der Waals surface area contributed by atoms with E-state index >= 15 is 0 Å². The summed E-state index contributed by atoms with van der Waals surface area (Å²) in [4.78, 5) is 28.5. The maximum atomic E-state index is 13.1. The lowest BCUT2D eigenvalue weighted by atomic mass is 10.1. The van der Waals surface area contributed by atoms with Gasteiger partial charge in [-0.25, -0.2) is 0 Å². The van der Waals surface area contributed by atoms with Crippen molar-refractivity contribution in [2.45, 2.75) is 64.1 Å². The van der Waals surface area contributed by atoms with Gasteiger partial charge in [-0.05, 0) is 75.3 Å². The second kappa shape index (κ2) is 12.0. The van der Waals surface area contributed by atoms with Crippen molar-refractivity contribution in [3.05, 3.63) is 64.7 Å². The standard InChI is InChI=1S/C24H31ClN2O2S/c1-17(2)26-24(29)19(4)27(16-20-9-6-5-8-18(20)3)23(28)10-7-15-30-22-13-11-21(25)12-14-22/h5-6,8-9,11-14,17,19H,7,10,15-16H2,1-4H3,(H,26,29). The second-order valence-electron chi connectivity index (χ2n) is 7.69. The molecule has 0 aliphatic rings. The Morgan fingerprint density at radius 1 is 1.07 bits per heavy atom. The third-order valence-corrected chi connectivity index (χ3v) is 6.17. The zero-order valence-electron chi connectivity index (χ0n) is 18.2. The number of carbonyl (C=O) groups is 2. The SMILES string of the molecule is Cc1ccccc1CN(C(=O)CCCSc1ccc(Cl)cc1)C(C)C(=O)NC(C)C. The highest BCUT2D eigenvalue weighted by Gasteiger charge is 2.26. The van der Waals surface area contributed by atoms with Crippen molar-refractivity contribution in [2.24, 2.45) is 0 Å². The summed E-state index contributed by atoms with van der Waals surface area (Å²) in [5, 5.41) is 3.64. The summed E-state index contributed by atoms with van der Waals surface area (Å²) in [7, 11) is 0. The van der Waals surface area contributed by atoms with E-state index in [4.69, 9.17) is 11.6 Å². The van der Waals surface area contributed by atoms with Crippen molar-refractivity contribution in [1.82, 2.24) is 10.2 Å². The van der Waals surface area contributed by atoms with Gasteiger partial charge in [0.2, 0.25) is 11.8 Å². The van der Waals surface area contributed by atoms with E-state index in [1.807, 2.05) is 69.3 Å². The monoisotopic (exact) mass is 446 g/mol. The average molecular weight is 447 g/mol. The number of hydrogen-bond acceptors (Lipinski definition) is 3. The van der Waals surface area contributed by atoms with Crippen molar-refractivity contribution in [3.63, 3.8) is 0 Å². The first kappa shape index (κ1) is 24.3. The number of nitrogens with zero attached hydrogens (tertiary/aromatic N) is 1. The van der Waals surface area contributed by atoms with Crippen LogP contribution in [0.25, 0.3) is 0 Å². The molecule has 4 nitrogen and oxygen atoms in total. The van der Waals surface area contributed by atoms with Crippen molar-refractivity contribution >= 4 is 35.2 Å². The number of carbonyl (C=O) groups excluding carboxylic acids is 2. The minimum absolute atomic E-state index is 0.00126. The number of nitrogens with one attached hydrogen (secondary N) is 1. The van der Waals surface area contributed by atoms with Gasteiger partial charge in [-0.3, -0.25) is 9.59 Å². The summed E-state index contributed by atoms with van der Waals surface area (Å²) in [6.45, 7) is 8.11. The van der Waals surface area contributed by atoms with Crippen LogP contribution in [0.2, 0.25) is 5.02 Å². The van der Waals surface area contributed by atoms with E-state index in [2.05, 4.69) is 5.32 Å². The topological polar surface area (TPSA) is 49.4 Å². The smallest absolute Gasteiger partial charge is 0.242 e. The molecule has 1 atom stereocenters. The van der Waals surface area contributed by atoms with E-state index in [-0.39, 0.29) is 17.9 Å². The quantitative estimate of drug-likeness (QED) is 0.389. The molecule has 0 saturated carbocycles. The number of halogens is 1. The van der Waals surface area contributed by atoms with Crippen LogP contribution in [0.4, 0.5) is 0 Å². The molecule has 0 fully saturated rings. The molecule has 1 unspecified atom stereocenters. The number of benzene rings is 2.